The Hall–Kier alpha value is -1.72. The van der Waals surface area contributed by atoms with Crippen LogP contribution in [0, 0.1) is 0 Å². The summed E-state index contributed by atoms with van der Waals surface area (Å²) in [6.45, 7) is 1.36. The van der Waals surface area contributed by atoms with Gasteiger partial charge in [-0.3, -0.25) is 4.79 Å². The molecule has 0 radical (unpaired) electrons. The third-order valence-corrected chi connectivity index (χ3v) is 5.08. The van der Waals surface area contributed by atoms with Crippen molar-refractivity contribution in [1.82, 2.24) is 4.90 Å². The molecule has 0 spiro atoms. The smallest absolute Gasteiger partial charge is 0.254 e. The number of hydrogen-bond acceptors (Lipinski definition) is 4. The maximum absolute atomic E-state index is 12.7. The number of carbonyl (C=O) groups excluding carboxylic acids is 1. The van der Waals surface area contributed by atoms with E-state index in [0.29, 0.717) is 28.6 Å². The summed E-state index contributed by atoms with van der Waals surface area (Å²) >= 11 is 7.94. The van der Waals surface area contributed by atoms with Crippen molar-refractivity contribution >= 4 is 28.8 Å². The minimum absolute atomic E-state index is 0.0419. The Labute approximate surface area is 138 Å². The number of fused-ring (bicyclic) bond motifs is 1. The topological polar surface area (TPSA) is 38.8 Å². The van der Waals surface area contributed by atoms with Gasteiger partial charge < -0.3 is 14.4 Å². The lowest BCUT2D eigenvalue weighted by molar-refractivity contribution is 0.0735. The van der Waals surface area contributed by atoms with E-state index in [-0.39, 0.29) is 5.91 Å². The predicted octanol–water partition coefficient (Wildman–Crippen LogP) is 3.62. The fourth-order valence-corrected chi connectivity index (χ4v) is 3.82. The predicted molar refractivity (Wildman–Crippen MR) is 87.3 cm³/mol. The Balaban J connectivity index is 1.88. The van der Waals surface area contributed by atoms with Crippen LogP contribution in [0.5, 0.6) is 11.5 Å². The molecule has 0 saturated carbocycles. The Bertz CT molecular complexity index is 713. The van der Waals surface area contributed by atoms with Crippen molar-refractivity contribution in [2.24, 2.45) is 0 Å². The maximum Gasteiger partial charge on any atom is 0.254 e. The van der Waals surface area contributed by atoms with Crippen LogP contribution in [0.15, 0.2) is 23.6 Å². The minimum atomic E-state index is -0.0419. The van der Waals surface area contributed by atoms with Gasteiger partial charge in [-0.15, -0.1) is 11.3 Å². The highest BCUT2D eigenvalue weighted by Gasteiger charge is 2.24. The molecule has 4 nitrogen and oxygen atoms in total. The molecule has 22 heavy (non-hydrogen) atoms. The van der Waals surface area contributed by atoms with Crippen molar-refractivity contribution in [1.29, 1.82) is 0 Å². The van der Waals surface area contributed by atoms with E-state index in [4.69, 9.17) is 21.1 Å². The highest BCUT2D eigenvalue weighted by atomic mass is 35.5. The first-order valence-electron chi connectivity index (χ1n) is 6.90. The largest absolute Gasteiger partial charge is 0.493 e. The van der Waals surface area contributed by atoms with Gasteiger partial charge in [-0.2, -0.15) is 0 Å². The third-order valence-electron chi connectivity index (χ3n) is 3.78. The van der Waals surface area contributed by atoms with E-state index >= 15 is 0 Å². The first kappa shape index (κ1) is 15.2. The number of nitrogens with zero attached hydrogens (tertiary/aromatic N) is 1. The van der Waals surface area contributed by atoms with E-state index in [1.54, 1.807) is 23.5 Å². The molecule has 0 bridgehead atoms. The molecular weight excluding hydrogens is 322 g/mol. The Morgan fingerprint density at radius 1 is 1.32 bits per heavy atom. The fraction of sp³-hybridized carbons (Fsp3) is 0.312. The third kappa shape index (κ3) is 2.66. The molecule has 6 heteroatoms. The van der Waals surface area contributed by atoms with Crippen LogP contribution in [-0.4, -0.2) is 31.6 Å². The molecule has 1 amide bonds. The van der Waals surface area contributed by atoms with Gasteiger partial charge in [0.2, 0.25) is 0 Å². The summed E-state index contributed by atoms with van der Waals surface area (Å²) in [7, 11) is 3.05. The molecule has 0 fully saturated rings. The fourth-order valence-electron chi connectivity index (χ4n) is 2.65. The number of hydrogen-bond donors (Lipinski definition) is 0. The Morgan fingerprint density at radius 3 is 2.86 bits per heavy atom. The average molecular weight is 338 g/mol. The molecule has 0 atom stereocenters. The van der Waals surface area contributed by atoms with E-state index in [0.717, 1.165) is 13.0 Å². The molecule has 2 aromatic rings. The lowest BCUT2D eigenvalue weighted by atomic mass is 10.1. The molecule has 1 aromatic carbocycles. The number of halogens is 1. The van der Waals surface area contributed by atoms with Crippen LogP contribution in [0.2, 0.25) is 5.02 Å². The SMILES string of the molecule is COc1cc(C(=O)N2CCc3sccc3C2)cc(Cl)c1OC. The normalized spacial score (nSPS) is 13.7. The van der Waals surface area contributed by atoms with Crippen LogP contribution < -0.4 is 9.47 Å². The van der Waals surface area contributed by atoms with Gasteiger partial charge in [-0.05, 0) is 35.6 Å². The summed E-state index contributed by atoms with van der Waals surface area (Å²) in [5, 5.41) is 2.45. The average Bonchev–Trinajstić information content (AvgIpc) is 3.00. The number of amides is 1. The van der Waals surface area contributed by atoms with Gasteiger partial charge >= 0.3 is 0 Å². The first-order chi connectivity index (χ1) is 10.6. The first-order valence-corrected chi connectivity index (χ1v) is 8.16. The van der Waals surface area contributed by atoms with Gasteiger partial charge in [0.05, 0.1) is 19.2 Å². The summed E-state index contributed by atoms with van der Waals surface area (Å²) in [6.07, 6.45) is 0.903. The van der Waals surface area contributed by atoms with Crippen molar-refractivity contribution in [2.75, 3.05) is 20.8 Å². The molecule has 1 aromatic heterocycles. The van der Waals surface area contributed by atoms with E-state index in [1.165, 1.54) is 24.7 Å². The van der Waals surface area contributed by atoms with E-state index in [1.807, 2.05) is 4.90 Å². The van der Waals surface area contributed by atoms with Crippen molar-refractivity contribution in [2.45, 2.75) is 13.0 Å². The number of ether oxygens (including phenoxy) is 2. The summed E-state index contributed by atoms with van der Waals surface area (Å²) in [6, 6.07) is 5.39. The van der Waals surface area contributed by atoms with Crippen molar-refractivity contribution in [3.63, 3.8) is 0 Å². The second-order valence-electron chi connectivity index (χ2n) is 5.04. The molecule has 0 N–H and O–H groups in total. The summed E-state index contributed by atoms with van der Waals surface area (Å²) in [4.78, 5) is 15.9. The van der Waals surface area contributed by atoms with Crippen molar-refractivity contribution < 1.29 is 14.3 Å². The standard InChI is InChI=1S/C16H16ClNO3S/c1-20-13-8-11(7-12(17)15(13)21-2)16(19)18-5-3-14-10(9-18)4-6-22-14/h4,6-8H,3,5,9H2,1-2H3. The lowest BCUT2D eigenvalue weighted by Gasteiger charge is -2.27. The van der Waals surface area contributed by atoms with Crippen LogP contribution >= 0.6 is 22.9 Å². The molecule has 1 aliphatic heterocycles. The zero-order valence-electron chi connectivity index (χ0n) is 12.4. The number of thiophene rings is 1. The van der Waals surface area contributed by atoms with Crippen LogP contribution in [0.3, 0.4) is 0 Å². The summed E-state index contributed by atoms with van der Waals surface area (Å²) in [5.41, 5.74) is 1.75. The Morgan fingerprint density at radius 2 is 2.14 bits per heavy atom. The van der Waals surface area contributed by atoms with Gasteiger partial charge in [-0.25, -0.2) is 0 Å². The molecule has 1 aliphatic rings. The molecule has 0 saturated heterocycles. The zero-order chi connectivity index (χ0) is 15.7. The Kier molecular flexibility index (Phi) is 4.27. The molecule has 3 rings (SSSR count). The summed E-state index contributed by atoms with van der Waals surface area (Å²) in [5.74, 6) is 0.866. The molecular formula is C16H16ClNO3S. The van der Waals surface area contributed by atoms with E-state index < -0.39 is 0 Å². The number of benzene rings is 1. The highest BCUT2D eigenvalue weighted by molar-refractivity contribution is 7.10. The van der Waals surface area contributed by atoms with Gasteiger partial charge in [0.25, 0.3) is 5.91 Å². The molecule has 2 heterocycles. The molecule has 116 valence electrons. The number of rotatable bonds is 3. The van der Waals surface area contributed by atoms with Gasteiger partial charge in [0.15, 0.2) is 11.5 Å². The quantitative estimate of drug-likeness (QED) is 0.858. The second-order valence-corrected chi connectivity index (χ2v) is 6.45. The van der Waals surface area contributed by atoms with Crippen molar-refractivity contribution in [3.8, 4) is 11.5 Å². The van der Waals surface area contributed by atoms with Gasteiger partial charge in [0.1, 0.15) is 0 Å². The monoisotopic (exact) mass is 337 g/mol. The minimum Gasteiger partial charge on any atom is -0.493 e. The number of carbonyl (C=O) groups is 1. The van der Waals surface area contributed by atoms with E-state index in [2.05, 4.69) is 11.4 Å². The molecule has 0 unspecified atom stereocenters. The van der Waals surface area contributed by atoms with Crippen LogP contribution in [0.4, 0.5) is 0 Å². The van der Waals surface area contributed by atoms with Crippen LogP contribution in [0.25, 0.3) is 0 Å². The second kappa shape index (κ2) is 6.18. The van der Waals surface area contributed by atoms with E-state index in [9.17, 15) is 4.79 Å². The van der Waals surface area contributed by atoms with Crippen molar-refractivity contribution in [3.05, 3.63) is 44.6 Å². The number of methoxy groups -OCH3 is 2. The van der Waals surface area contributed by atoms with Gasteiger partial charge in [0, 0.05) is 23.5 Å². The van der Waals surface area contributed by atoms with Crippen LogP contribution in [0.1, 0.15) is 20.8 Å². The molecule has 0 aliphatic carbocycles. The zero-order valence-corrected chi connectivity index (χ0v) is 14.0. The lowest BCUT2D eigenvalue weighted by Crippen LogP contribution is -2.35. The van der Waals surface area contributed by atoms with Gasteiger partial charge in [-0.1, -0.05) is 11.6 Å². The maximum atomic E-state index is 12.7. The highest BCUT2D eigenvalue weighted by Crippen LogP contribution is 2.36. The summed E-state index contributed by atoms with van der Waals surface area (Å²) < 4.78 is 10.5. The van der Waals surface area contributed by atoms with Crippen LogP contribution in [-0.2, 0) is 13.0 Å².